The SMILES string of the molecule is CSC(C)(C)N1CCN(C(=O)C(C)(C)N)CC1C. The largest absolute Gasteiger partial charge is 0.338 e. The van der Waals surface area contributed by atoms with E-state index in [0.717, 1.165) is 19.6 Å². The number of piperazine rings is 1. The van der Waals surface area contributed by atoms with Gasteiger partial charge in [0.15, 0.2) is 0 Å². The summed E-state index contributed by atoms with van der Waals surface area (Å²) in [5.41, 5.74) is 5.13. The Labute approximate surface area is 115 Å². The third-order valence-electron chi connectivity index (χ3n) is 3.66. The van der Waals surface area contributed by atoms with Crippen molar-refractivity contribution in [1.29, 1.82) is 0 Å². The number of nitrogens with two attached hydrogens (primary N) is 1. The summed E-state index contributed by atoms with van der Waals surface area (Å²) in [7, 11) is 0. The molecule has 1 fully saturated rings. The molecule has 1 unspecified atom stereocenters. The first kappa shape index (κ1) is 15.8. The molecule has 1 aliphatic heterocycles. The lowest BCUT2D eigenvalue weighted by atomic mass is 10.0. The van der Waals surface area contributed by atoms with Crippen molar-refractivity contribution in [1.82, 2.24) is 9.80 Å². The maximum atomic E-state index is 12.2. The number of amides is 1. The molecule has 1 atom stereocenters. The Morgan fingerprint density at radius 2 is 1.83 bits per heavy atom. The summed E-state index contributed by atoms with van der Waals surface area (Å²) in [6.07, 6.45) is 2.13. The highest BCUT2D eigenvalue weighted by Gasteiger charge is 2.37. The van der Waals surface area contributed by atoms with Gasteiger partial charge in [-0.15, -0.1) is 11.8 Å². The second-order valence-corrected chi connectivity index (χ2v) is 7.57. The molecule has 1 aliphatic rings. The van der Waals surface area contributed by atoms with Gasteiger partial charge in [-0.2, -0.15) is 0 Å². The van der Waals surface area contributed by atoms with Gasteiger partial charge in [0.25, 0.3) is 0 Å². The minimum Gasteiger partial charge on any atom is -0.338 e. The Morgan fingerprint density at radius 3 is 2.22 bits per heavy atom. The average molecular weight is 273 g/mol. The average Bonchev–Trinajstić information content (AvgIpc) is 2.26. The van der Waals surface area contributed by atoms with E-state index in [1.165, 1.54) is 0 Å². The van der Waals surface area contributed by atoms with Crippen LogP contribution in [0.3, 0.4) is 0 Å². The summed E-state index contributed by atoms with van der Waals surface area (Å²) in [4.78, 5) is 16.6. The molecule has 0 spiro atoms. The zero-order valence-corrected chi connectivity index (χ0v) is 13.3. The topological polar surface area (TPSA) is 49.6 Å². The first-order valence-electron chi connectivity index (χ1n) is 6.49. The molecule has 0 saturated carbocycles. The van der Waals surface area contributed by atoms with E-state index < -0.39 is 5.54 Å². The highest BCUT2D eigenvalue weighted by molar-refractivity contribution is 7.99. The van der Waals surface area contributed by atoms with Gasteiger partial charge < -0.3 is 10.6 Å². The fourth-order valence-electron chi connectivity index (χ4n) is 2.47. The standard InChI is InChI=1S/C13H27N3OS/c1-10-9-15(11(17)12(2,3)14)7-8-16(10)13(4,5)18-6/h10H,7-9,14H2,1-6H3. The van der Waals surface area contributed by atoms with Crippen LogP contribution in [-0.4, -0.2) is 58.0 Å². The Bertz CT molecular complexity index is 312. The van der Waals surface area contributed by atoms with Gasteiger partial charge in [0, 0.05) is 25.7 Å². The fourth-order valence-corrected chi connectivity index (χ4v) is 2.97. The van der Waals surface area contributed by atoms with Crippen LogP contribution >= 0.6 is 11.8 Å². The molecule has 1 heterocycles. The van der Waals surface area contributed by atoms with Crippen LogP contribution < -0.4 is 5.73 Å². The number of rotatable bonds is 3. The van der Waals surface area contributed by atoms with E-state index in [4.69, 9.17) is 5.73 Å². The van der Waals surface area contributed by atoms with Gasteiger partial charge in [-0.3, -0.25) is 9.69 Å². The van der Waals surface area contributed by atoms with Gasteiger partial charge in [-0.1, -0.05) is 0 Å². The summed E-state index contributed by atoms with van der Waals surface area (Å²) in [6, 6.07) is 0.368. The van der Waals surface area contributed by atoms with Crippen LogP contribution in [0.15, 0.2) is 0 Å². The third-order valence-corrected chi connectivity index (χ3v) is 4.89. The quantitative estimate of drug-likeness (QED) is 0.843. The van der Waals surface area contributed by atoms with Crippen molar-refractivity contribution in [3.05, 3.63) is 0 Å². The van der Waals surface area contributed by atoms with E-state index in [1.807, 2.05) is 16.7 Å². The van der Waals surface area contributed by atoms with E-state index in [0.29, 0.717) is 6.04 Å². The number of thioether (sulfide) groups is 1. The lowest BCUT2D eigenvalue weighted by molar-refractivity contribution is -0.139. The van der Waals surface area contributed by atoms with Crippen LogP contribution in [0.5, 0.6) is 0 Å². The number of carbonyl (C=O) groups is 1. The predicted molar refractivity (Wildman–Crippen MR) is 78.6 cm³/mol. The van der Waals surface area contributed by atoms with Crippen molar-refractivity contribution >= 4 is 17.7 Å². The normalized spacial score (nSPS) is 23.3. The van der Waals surface area contributed by atoms with Crippen molar-refractivity contribution in [3.63, 3.8) is 0 Å². The number of hydrogen-bond acceptors (Lipinski definition) is 4. The molecule has 18 heavy (non-hydrogen) atoms. The molecular formula is C13H27N3OS. The van der Waals surface area contributed by atoms with Gasteiger partial charge in [0.1, 0.15) is 0 Å². The van der Waals surface area contributed by atoms with Gasteiger partial charge in [-0.05, 0) is 40.9 Å². The smallest absolute Gasteiger partial charge is 0.242 e. The molecule has 0 aromatic carbocycles. The molecule has 0 aromatic rings. The van der Waals surface area contributed by atoms with Crippen LogP contribution in [0.25, 0.3) is 0 Å². The zero-order chi connectivity index (χ0) is 14.1. The third kappa shape index (κ3) is 3.39. The lowest BCUT2D eigenvalue weighted by Gasteiger charge is -2.48. The van der Waals surface area contributed by atoms with E-state index in [1.54, 1.807) is 13.8 Å². The first-order chi connectivity index (χ1) is 8.09. The fraction of sp³-hybridized carbons (Fsp3) is 0.923. The molecule has 0 aromatic heterocycles. The van der Waals surface area contributed by atoms with Crippen LogP contribution in [0.1, 0.15) is 34.6 Å². The second-order valence-electron chi connectivity index (χ2n) is 6.17. The summed E-state index contributed by atoms with van der Waals surface area (Å²) < 4.78 is 0. The van der Waals surface area contributed by atoms with Gasteiger partial charge in [-0.25, -0.2) is 0 Å². The molecule has 2 N–H and O–H groups in total. The maximum Gasteiger partial charge on any atom is 0.242 e. The molecule has 106 valence electrons. The van der Waals surface area contributed by atoms with Crippen molar-refractivity contribution in [2.45, 2.75) is 51.1 Å². The highest BCUT2D eigenvalue weighted by atomic mass is 32.2. The molecule has 1 saturated heterocycles. The molecular weight excluding hydrogens is 246 g/mol. The molecule has 0 aliphatic carbocycles. The number of nitrogens with zero attached hydrogens (tertiary/aromatic N) is 2. The number of carbonyl (C=O) groups excluding carboxylic acids is 1. The summed E-state index contributed by atoms with van der Waals surface area (Å²) in [5, 5.41) is 0. The molecule has 0 bridgehead atoms. The highest BCUT2D eigenvalue weighted by Crippen LogP contribution is 2.30. The summed E-state index contributed by atoms with van der Waals surface area (Å²) >= 11 is 1.85. The summed E-state index contributed by atoms with van der Waals surface area (Å²) in [5.74, 6) is 0.0518. The molecule has 1 amide bonds. The Hall–Kier alpha value is -0.260. The Morgan fingerprint density at radius 1 is 1.28 bits per heavy atom. The number of hydrogen-bond donors (Lipinski definition) is 1. The van der Waals surface area contributed by atoms with Crippen LogP contribution in [0.4, 0.5) is 0 Å². The molecule has 1 rings (SSSR count). The molecule has 0 radical (unpaired) electrons. The van der Waals surface area contributed by atoms with Crippen LogP contribution in [0, 0.1) is 0 Å². The van der Waals surface area contributed by atoms with E-state index in [2.05, 4.69) is 31.9 Å². The molecule has 5 heteroatoms. The first-order valence-corrected chi connectivity index (χ1v) is 7.72. The van der Waals surface area contributed by atoms with Crippen molar-refractivity contribution in [2.24, 2.45) is 5.73 Å². The maximum absolute atomic E-state index is 12.2. The lowest BCUT2D eigenvalue weighted by Crippen LogP contribution is -2.62. The van der Waals surface area contributed by atoms with Crippen molar-refractivity contribution in [3.8, 4) is 0 Å². The van der Waals surface area contributed by atoms with E-state index in [9.17, 15) is 4.79 Å². The minimum absolute atomic E-state index is 0.0518. The minimum atomic E-state index is -0.767. The second kappa shape index (κ2) is 5.39. The molecule has 4 nitrogen and oxygen atoms in total. The van der Waals surface area contributed by atoms with E-state index in [-0.39, 0.29) is 10.8 Å². The monoisotopic (exact) mass is 273 g/mol. The Kier molecular flexibility index (Phi) is 4.73. The van der Waals surface area contributed by atoms with Crippen LogP contribution in [-0.2, 0) is 4.79 Å². The van der Waals surface area contributed by atoms with Crippen LogP contribution in [0.2, 0.25) is 0 Å². The van der Waals surface area contributed by atoms with Gasteiger partial charge >= 0.3 is 0 Å². The predicted octanol–water partition coefficient (Wildman–Crippen LogP) is 1.36. The van der Waals surface area contributed by atoms with E-state index >= 15 is 0 Å². The van der Waals surface area contributed by atoms with Gasteiger partial charge in [0.05, 0.1) is 10.4 Å². The zero-order valence-electron chi connectivity index (χ0n) is 12.5. The van der Waals surface area contributed by atoms with Crippen molar-refractivity contribution < 1.29 is 4.79 Å². The Balaban J connectivity index is 2.70. The summed E-state index contributed by atoms with van der Waals surface area (Å²) in [6.45, 7) is 12.7. The van der Waals surface area contributed by atoms with Gasteiger partial charge in [0.2, 0.25) is 5.91 Å². The van der Waals surface area contributed by atoms with Crippen molar-refractivity contribution in [2.75, 3.05) is 25.9 Å².